The molecule has 0 bridgehead atoms. The average Bonchev–Trinajstić information content (AvgIpc) is 2.23. The van der Waals surface area contributed by atoms with Crippen molar-refractivity contribution in [2.24, 2.45) is 0 Å². The summed E-state index contributed by atoms with van der Waals surface area (Å²) in [6.45, 7) is 5.51. The maximum absolute atomic E-state index is 11.6. The molecule has 3 nitrogen and oxygen atoms in total. The number of halogens is 1. The fourth-order valence-corrected chi connectivity index (χ4v) is 2.63. The third-order valence-electron chi connectivity index (χ3n) is 1.78. The molecule has 0 atom stereocenters. The van der Waals surface area contributed by atoms with Crippen LogP contribution in [0.2, 0.25) is 0 Å². The molecule has 1 aromatic rings. The summed E-state index contributed by atoms with van der Waals surface area (Å²) in [5, 5.41) is 8.85. The number of rotatable bonds is 3. The fraction of sp³-hybridized carbons (Fsp3) is 0.385. The highest BCUT2D eigenvalue weighted by Gasteiger charge is 2.16. The molecule has 0 unspecified atom stereocenters. The molecule has 0 aliphatic carbocycles. The van der Waals surface area contributed by atoms with Gasteiger partial charge >= 0.3 is 5.97 Å². The highest BCUT2D eigenvalue weighted by atomic mass is 79.9. The minimum absolute atomic E-state index is 0.235. The first-order valence-corrected chi connectivity index (χ1v) is 7.13. The first kappa shape index (κ1) is 15.1. The second-order valence-corrected chi connectivity index (χ2v) is 6.63. The van der Waals surface area contributed by atoms with E-state index in [0.717, 1.165) is 9.37 Å². The molecule has 0 spiro atoms. The van der Waals surface area contributed by atoms with E-state index in [1.54, 1.807) is 12.1 Å². The van der Waals surface area contributed by atoms with E-state index in [1.165, 1.54) is 11.8 Å². The Balaban J connectivity index is 2.62. The standard InChI is InChI=1S/C13H14BrNO2S/c1-13(2,3)17-12(16)8-18-11-5-9(7-15)4-10(14)6-11/h4-6H,8H2,1-3H3. The van der Waals surface area contributed by atoms with Crippen LogP contribution in [0.5, 0.6) is 0 Å². The van der Waals surface area contributed by atoms with Gasteiger partial charge in [0.25, 0.3) is 0 Å². The molecule has 0 saturated carbocycles. The van der Waals surface area contributed by atoms with E-state index in [4.69, 9.17) is 10.00 Å². The summed E-state index contributed by atoms with van der Waals surface area (Å²) >= 11 is 4.69. The normalized spacial score (nSPS) is 10.8. The summed E-state index contributed by atoms with van der Waals surface area (Å²) in [5.41, 5.74) is 0.100. The summed E-state index contributed by atoms with van der Waals surface area (Å²) in [6, 6.07) is 7.43. The van der Waals surface area contributed by atoms with Gasteiger partial charge < -0.3 is 4.74 Å². The van der Waals surface area contributed by atoms with Crippen LogP contribution in [0.25, 0.3) is 0 Å². The number of esters is 1. The summed E-state index contributed by atoms with van der Waals surface area (Å²) < 4.78 is 6.04. The smallest absolute Gasteiger partial charge is 0.316 e. The van der Waals surface area contributed by atoms with Crippen molar-refractivity contribution < 1.29 is 9.53 Å². The highest BCUT2D eigenvalue weighted by molar-refractivity contribution is 9.10. The first-order chi connectivity index (χ1) is 8.30. The lowest BCUT2D eigenvalue weighted by atomic mass is 10.2. The Hall–Kier alpha value is -0.990. The van der Waals surface area contributed by atoms with Gasteiger partial charge in [-0.05, 0) is 39.0 Å². The molecule has 0 aromatic heterocycles. The zero-order valence-electron chi connectivity index (χ0n) is 10.5. The molecule has 1 rings (SSSR count). The molecule has 0 aliphatic heterocycles. The van der Waals surface area contributed by atoms with E-state index >= 15 is 0 Å². The van der Waals surface area contributed by atoms with Gasteiger partial charge in [0.15, 0.2) is 0 Å². The van der Waals surface area contributed by atoms with Crippen LogP contribution < -0.4 is 0 Å². The number of hydrogen-bond donors (Lipinski definition) is 0. The van der Waals surface area contributed by atoms with Gasteiger partial charge in [-0.25, -0.2) is 0 Å². The topological polar surface area (TPSA) is 50.1 Å². The molecule has 96 valence electrons. The molecule has 1 aromatic carbocycles. The van der Waals surface area contributed by atoms with Crippen molar-refractivity contribution in [2.75, 3.05) is 5.75 Å². The molecular formula is C13H14BrNO2S. The second kappa shape index (κ2) is 6.26. The molecule has 0 saturated heterocycles. The number of hydrogen-bond acceptors (Lipinski definition) is 4. The molecule has 0 aliphatic rings. The second-order valence-electron chi connectivity index (χ2n) is 4.66. The van der Waals surface area contributed by atoms with E-state index in [9.17, 15) is 4.79 Å². The van der Waals surface area contributed by atoms with Crippen molar-refractivity contribution in [1.29, 1.82) is 5.26 Å². The van der Waals surface area contributed by atoms with E-state index in [2.05, 4.69) is 22.0 Å². The van der Waals surface area contributed by atoms with Gasteiger partial charge in [-0.15, -0.1) is 11.8 Å². The predicted octanol–water partition coefficient (Wildman–Crippen LogP) is 3.75. The Morgan fingerprint density at radius 2 is 2.11 bits per heavy atom. The van der Waals surface area contributed by atoms with Gasteiger partial charge in [-0.1, -0.05) is 15.9 Å². The minimum atomic E-state index is -0.466. The van der Waals surface area contributed by atoms with Gasteiger partial charge in [0.2, 0.25) is 0 Å². The molecule has 5 heteroatoms. The molecular weight excluding hydrogens is 314 g/mol. The lowest BCUT2D eigenvalue weighted by Crippen LogP contribution is -2.24. The van der Waals surface area contributed by atoms with Gasteiger partial charge in [-0.2, -0.15) is 5.26 Å². The lowest BCUT2D eigenvalue weighted by Gasteiger charge is -2.19. The third kappa shape index (κ3) is 5.56. The van der Waals surface area contributed by atoms with Crippen LogP contribution in [-0.4, -0.2) is 17.3 Å². The van der Waals surface area contributed by atoms with Crippen molar-refractivity contribution in [3.05, 3.63) is 28.2 Å². The summed E-state index contributed by atoms with van der Waals surface area (Å²) in [5.74, 6) is -0.0236. The van der Waals surface area contributed by atoms with Crippen LogP contribution in [0, 0.1) is 11.3 Å². The van der Waals surface area contributed by atoms with Crippen molar-refractivity contribution in [3.8, 4) is 6.07 Å². The van der Waals surface area contributed by atoms with Crippen LogP contribution in [0.15, 0.2) is 27.6 Å². The zero-order chi connectivity index (χ0) is 13.8. The fourth-order valence-electron chi connectivity index (χ4n) is 1.22. The van der Waals surface area contributed by atoms with Gasteiger partial charge in [0.1, 0.15) is 5.60 Å². The van der Waals surface area contributed by atoms with E-state index in [0.29, 0.717) is 5.56 Å². The van der Waals surface area contributed by atoms with Gasteiger partial charge in [0, 0.05) is 9.37 Å². The van der Waals surface area contributed by atoms with E-state index in [1.807, 2.05) is 26.8 Å². The van der Waals surface area contributed by atoms with Crippen molar-refractivity contribution in [2.45, 2.75) is 31.3 Å². The Bertz CT molecular complexity index is 489. The summed E-state index contributed by atoms with van der Waals surface area (Å²) in [4.78, 5) is 12.4. The molecule has 0 heterocycles. The first-order valence-electron chi connectivity index (χ1n) is 5.35. The van der Waals surface area contributed by atoms with Crippen molar-refractivity contribution in [1.82, 2.24) is 0 Å². The monoisotopic (exact) mass is 327 g/mol. The molecule has 0 amide bonds. The SMILES string of the molecule is CC(C)(C)OC(=O)CSc1cc(Br)cc(C#N)c1. The Kier molecular flexibility index (Phi) is 5.24. The number of carbonyl (C=O) groups is 1. The number of benzene rings is 1. The van der Waals surface area contributed by atoms with Gasteiger partial charge in [-0.3, -0.25) is 4.79 Å². The van der Waals surface area contributed by atoms with Crippen LogP contribution in [0.4, 0.5) is 0 Å². The summed E-state index contributed by atoms with van der Waals surface area (Å²) in [6.07, 6.45) is 0. The summed E-state index contributed by atoms with van der Waals surface area (Å²) in [7, 11) is 0. The van der Waals surface area contributed by atoms with Crippen LogP contribution in [0.3, 0.4) is 0 Å². The minimum Gasteiger partial charge on any atom is -0.459 e. The molecule has 0 N–H and O–H groups in total. The maximum Gasteiger partial charge on any atom is 0.316 e. The van der Waals surface area contributed by atoms with Crippen molar-refractivity contribution in [3.63, 3.8) is 0 Å². The predicted molar refractivity (Wildman–Crippen MR) is 75.4 cm³/mol. The van der Waals surface area contributed by atoms with Crippen LogP contribution in [-0.2, 0) is 9.53 Å². The average molecular weight is 328 g/mol. The number of ether oxygens (including phenoxy) is 1. The third-order valence-corrected chi connectivity index (χ3v) is 3.18. The number of thioether (sulfide) groups is 1. The molecule has 18 heavy (non-hydrogen) atoms. The Morgan fingerprint density at radius 1 is 1.44 bits per heavy atom. The quantitative estimate of drug-likeness (QED) is 0.626. The van der Waals surface area contributed by atoms with Gasteiger partial charge in [0.05, 0.1) is 17.4 Å². The lowest BCUT2D eigenvalue weighted by molar-refractivity contribution is -0.151. The van der Waals surface area contributed by atoms with Crippen LogP contribution in [0.1, 0.15) is 26.3 Å². The highest BCUT2D eigenvalue weighted by Crippen LogP contribution is 2.24. The molecule has 0 fully saturated rings. The Labute approximate surface area is 120 Å². The zero-order valence-corrected chi connectivity index (χ0v) is 12.9. The number of carbonyl (C=O) groups excluding carboxylic acids is 1. The maximum atomic E-state index is 11.6. The molecule has 0 radical (unpaired) electrons. The number of nitriles is 1. The number of nitrogens with zero attached hydrogens (tertiary/aromatic N) is 1. The van der Waals surface area contributed by atoms with E-state index < -0.39 is 5.60 Å². The van der Waals surface area contributed by atoms with E-state index in [-0.39, 0.29) is 11.7 Å². The largest absolute Gasteiger partial charge is 0.459 e. The Morgan fingerprint density at radius 3 is 2.67 bits per heavy atom. The van der Waals surface area contributed by atoms with Crippen molar-refractivity contribution >= 4 is 33.7 Å². The van der Waals surface area contributed by atoms with Crippen LogP contribution >= 0.6 is 27.7 Å².